The van der Waals surface area contributed by atoms with Gasteiger partial charge in [0.2, 0.25) is 0 Å². The van der Waals surface area contributed by atoms with Crippen LogP contribution in [0.4, 0.5) is 0 Å². The van der Waals surface area contributed by atoms with E-state index >= 15 is 0 Å². The van der Waals surface area contributed by atoms with Crippen molar-refractivity contribution in [1.29, 1.82) is 0 Å². The van der Waals surface area contributed by atoms with Gasteiger partial charge in [0.05, 0.1) is 18.1 Å². The molecule has 216 valence electrons. The summed E-state index contributed by atoms with van der Waals surface area (Å²) in [6.07, 6.45) is 13.6. The molecule has 10 atom stereocenters. The lowest BCUT2D eigenvalue weighted by Gasteiger charge is -2.71. The molecule has 0 saturated heterocycles. The molecule has 0 aliphatic heterocycles. The molecule has 0 bridgehead atoms. The standard InChI is InChI=1S/C26H42O3.C3H6O.C2H6.CH4O/c1-16-17-9-13-25(4)21(23(17,2)12-10-20(16)27)8-7-18-19-6-5-11-26(19,22(28)29)15-14-24(18,25)3;1-2-3-4;2*1-2/h16-21,27H,5-15H2,1-4H3,(H,28,29);2,4H,1,3H2;1-2H3;2H,1H3/t16?,17?,18?,19?,20?,21?,23?,24-,25?,26?;;;/m1.../s1. The molecular formula is C32H58O5. The van der Waals surface area contributed by atoms with Crippen molar-refractivity contribution in [1.82, 2.24) is 0 Å². The summed E-state index contributed by atoms with van der Waals surface area (Å²) in [6, 6.07) is 0. The number of carbonyl (C=O) groups is 1. The van der Waals surface area contributed by atoms with Crippen LogP contribution >= 0.6 is 0 Å². The lowest BCUT2D eigenvalue weighted by atomic mass is 9.33. The number of aliphatic carboxylic acids is 1. The number of carboxylic acid groups (broad SMARTS) is 1. The Morgan fingerprint density at radius 3 is 2.05 bits per heavy atom. The molecule has 9 unspecified atom stereocenters. The number of aliphatic hydroxyl groups excluding tert-OH is 3. The highest BCUT2D eigenvalue weighted by atomic mass is 16.4. The summed E-state index contributed by atoms with van der Waals surface area (Å²) >= 11 is 0. The molecule has 37 heavy (non-hydrogen) atoms. The molecule has 0 spiro atoms. The van der Waals surface area contributed by atoms with Gasteiger partial charge in [-0.15, -0.1) is 6.58 Å². The van der Waals surface area contributed by atoms with Gasteiger partial charge in [-0.05, 0) is 110 Å². The topological polar surface area (TPSA) is 98.0 Å². The molecule has 0 aromatic rings. The highest BCUT2D eigenvalue weighted by Crippen LogP contribution is 2.75. The summed E-state index contributed by atoms with van der Waals surface area (Å²) in [6.45, 7) is 17.3. The number of aliphatic hydroxyl groups is 3. The molecule has 5 heteroatoms. The average molecular weight is 523 g/mol. The molecule has 0 radical (unpaired) electrons. The average Bonchev–Trinajstić information content (AvgIpc) is 3.35. The van der Waals surface area contributed by atoms with E-state index in [1.165, 1.54) is 38.2 Å². The SMILES string of the molecule is C=CCO.CC.CC1C(O)CCC2(C)C1CCC1(C)C2CCC2C3CCCC3(C(=O)O)CC[C@]21C.CO. The first kappa shape index (κ1) is 32.3. The minimum atomic E-state index is -0.500. The Hall–Kier alpha value is -0.910. The third kappa shape index (κ3) is 4.95. The number of rotatable bonds is 2. The third-order valence-electron chi connectivity index (χ3n) is 12.5. The second-order valence-corrected chi connectivity index (χ2v) is 13.1. The van der Waals surface area contributed by atoms with Crippen molar-refractivity contribution >= 4 is 5.97 Å². The van der Waals surface area contributed by atoms with E-state index in [4.69, 9.17) is 10.2 Å². The fourth-order valence-electron chi connectivity index (χ4n) is 10.5. The molecule has 0 aromatic heterocycles. The van der Waals surface area contributed by atoms with Gasteiger partial charge in [-0.3, -0.25) is 4.79 Å². The van der Waals surface area contributed by atoms with Crippen molar-refractivity contribution < 1.29 is 25.2 Å². The van der Waals surface area contributed by atoms with Crippen molar-refractivity contribution in [3.05, 3.63) is 12.7 Å². The smallest absolute Gasteiger partial charge is 0.309 e. The van der Waals surface area contributed by atoms with E-state index in [-0.39, 0.29) is 18.1 Å². The van der Waals surface area contributed by atoms with Crippen LogP contribution in [-0.2, 0) is 4.79 Å². The van der Waals surface area contributed by atoms with Gasteiger partial charge in [0, 0.05) is 7.11 Å². The van der Waals surface area contributed by atoms with E-state index in [1.54, 1.807) is 0 Å². The second kappa shape index (κ2) is 12.5. The quantitative estimate of drug-likeness (QED) is 0.303. The fraction of sp³-hybridized carbons (Fsp3) is 0.906. The van der Waals surface area contributed by atoms with Crippen LogP contribution in [0.15, 0.2) is 12.7 Å². The van der Waals surface area contributed by atoms with E-state index in [9.17, 15) is 15.0 Å². The fourth-order valence-corrected chi connectivity index (χ4v) is 10.5. The van der Waals surface area contributed by atoms with Gasteiger partial charge in [-0.1, -0.05) is 54.0 Å². The van der Waals surface area contributed by atoms with Gasteiger partial charge in [0.25, 0.3) is 0 Å². The van der Waals surface area contributed by atoms with E-state index < -0.39 is 11.4 Å². The van der Waals surface area contributed by atoms with Crippen LogP contribution in [0.5, 0.6) is 0 Å². The van der Waals surface area contributed by atoms with Crippen LogP contribution in [0.1, 0.15) is 112 Å². The highest BCUT2D eigenvalue weighted by Gasteiger charge is 2.69. The highest BCUT2D eigenvalue weighted by molar-refractivity contribution is 5.76. The normalized spacial score (nSPS) is 47.4. The van der Waals surface area contributed by atoms with Gasteiger partial charge in [0.1, 0.15) is 0 Å². The summed E-state index contributed by atoms with van der Waals surface area (Å²) in [5, 5.41) is 35.5. The summed E-state index contributed by atoms with van der Waals surface area (Å²) in [5.41, 5.74) is 0.516. The first-order valence-electron chi connectivity index (χ1n) is 15.1. The maximum absolute atomic E-state index is 12.4. The number of hydrogen-bond acceptors (Lipinski definition) is 4. The molecule has 5 aliphatic rings. The van der Waals surface area contributed by atoms with Gasteiger partial charge >= 0.3 is 5.97 Å². The molecule has 0 amide bonds. The number of fused-ring (bicyclic) bond motifs is 7. The van der Waals surface area contributed by atoms with Crippen LogP contribution < -0.4 is 0 Å². The molecule has 0 heterocycles. The monoisotopic (exact) mass is 522 g/mol. The van der Waals surface area contributed by atoms with Crippen molar-refractivity contribution in [2.75, 3.05) is 13.7 Å². The molecule has 5 aliphatic carbocycles. The maximum atomic E-state index is 12.4. The van der Waals surface area contributed by atoms with Gasteiger partial charge in [0.15, 0.2) is 0 Å². The molecule has 5 fully saturated rings. The van der Waals surface area contributed by atoms with Crippen molar-refractivity contribution in [2.45, 2.75) is 118 Å². The zero-order valence-corrected chi connectivity index (χ0v) is 24.9. The minimum Gasteiger partial charge on any atom is -0.481 e. The second-order valence-electron chi connectivity index (χ2n) is 13.1. The predicted molar refractivity (Wildman–Crippen MR) is 151 cm³/mol. The Morgan fingerprint density at radius 1 is 0.865 bits per heavy atom. The Morgan fingerprint density at radius 2 is 1.49 bits per heavy atom. The van der Waals surface area contributed by atoms with Crippen molar-refractivity contribution in [2.24, 2.45) is 51.2 Å². The number of hydrogen-bond donors (Lipinski definition) is 4. The Bertz CT molecular complexity index is 768. The van der Waals surface area contributed by atoms with Crippen LogP contribution in [0.2, 0.25) is 0 Å². The Balaban J connectivity index is 0.000000541. The molecule has 5 rings (SSSR count). The van der Waals surface area contributed by atoms with E-state index in [2.05, 4.69) is 34.3 Å². The summed E-state index contributed by atoms with van der Waals surface area (Å²) in [7, 11) is 1.00. The minimum absolute atomic E-state index is 0.0833. The largest absolute Gasteiger partial charge is 0.481 e. The molecule has 0 aromatic carbocycles. The van der Waals surface area contributed by atoms with Gasteiger partial charge in [-0.2, -0.15) is 0 Å². The van der Waals surface area contributed by atoms with Gasteiger partial charge in [-0.25, -0.2) is 0 Å². The zero-order valence-electron chi connectivity index (χ0n) is 24.9. The third-order valence-corrected chi connectivity index (χ3v) is 12.5. The van der Waals surface area contributed by atoms with Crippen LogP contribution in [0.25, 0.3) is 0 Å². The first-order chi connectivity index (χ1) is 17.5. The van der Waals surface area contributed by atoms with E-state index in [0.29, 0.717) is 34.5 Å². The zero-order chi connectivity index (χ0) is 28.2. The van der Waals surface area contributed by atoms with Gasteiger partial charge < -0.3 is 20.4 Å². The Kier molecular flexibility index (Phi) is 10.9. The molecule has 4 N–H and O–H groups in total. The van der Waals surface area contributed by atoms with E-state index in [1.807, 2.05) is 13.8 Å². The lowest BCUT2D eigenvalue weighted by molar-refractivity contribution is -0.234. The Labute approximate surface area is 227 Å². The predicted octanol–water partition coefficient (Wildman–Crippen LogP) is 6.70. The van der Waals surface area contributed by atoms with Crippen LogP contribution in [-0.4, -0.2) is 46.2 Å². The summed E-state index contributed by atoms with van der Waals surface area (Å²) in [5.74, 6) is 2.28. The lowest BCUT2D eigenvalue weighted by Crippen LogP contribution is -2.65. The molecule has 5 nitrogen and oxygen atoms in total. The van der Waals surface area contributed by atoms with Crippen LogP contribution in [0, 0.1) is 51.2 Å². The van der Waals surface area contributed by atoms with Crippen molar-refractivity contribution in [3.63, 3.8) is 0 Å². The summed E-state index contributed by atoms with van der Waals surface area (Å²) in [4.78, 5) is 12.4. The van der Waals surface area contributed by atoms with Crippen LogP contribution in [0.3, 0.4) is 0 Å². The molecular weight excluding hydrogens is 464 g/mol. The van der Waals surface area contributed by atoms with E-state index in [0.717, 1.165) is 51.6 Å². The maximum Gasteiger partial charge on any atom is 0.309 e. The molecule has 5 saturated carbocycles. The van der Waals surface area contributed by atoms with Crippen molar-refractivity contribution in [3.8, 4) is 0 Å². The first-order valence-corrected chi connectivity index (χ1v) is 15.1. The summed E-state index contributed by atoms with van der Waals surface area (Å²) < 4.78 is 0. The number of carboxylic acids is 1.